The van der Waals surface area contributed by atoms with Crippen LogP contribution in [0.25, 0.3) is 0 Å². The summed E-state index contributed by atoms with van der Waals surface area (Å²) in [6.07, 6.45) is 1.29. The predicted molar refractivity (Wildman–Crippen MR) is 111 cm³/mol. The van der Waals surface area contributed by atoms with Gasteiger partial charge in [-0.1, -0.05) is 30.3 Å². The average molecular weight is 385 g/mol. The first kappa shape index (κ1) is 18.5. The molecular formula is C21H28N4OS. The summed E-state index contributed by atoms with van der Waals surface area (Å²) in [6.45, 7) is 5.58. The summed E-state index contributed by atoms with van der Waals surface area (Å²) < 4.78 is 6.09. The summed E-state index contributed by atoms with van der Waals surface area (Å²) in [4.78, 5) is 9.44. The molecule has 2 aliphatic rings. The molecule has 27 heavy (non-hydrogen) atoms. The Labute approximate surface area is 165 Å². The number of likely N-dealkylation sites (tertiary alicyclic amines) is 1. The Morgan fingerprint density at radius 2 is 2.11 bits per heavy atom. The quantitative estimate of drug-likeness (QED) is 0.635. The molecule has 0 saturated carbocycles. The van der Waals surface area contributed by atoms with E-state index in [0.717, 1.165) is 51.7 Å². The van der Waals surface area contributed by atoms with Crippen LogP contribution in [0.15, 0.2) is 52.2 Å². The minimum absolute atomic E-state index is 0.262. The Bertz CT molecular complexity index is 734. The van der Waals surface area contributed by atoms with Crippen molar-refractivity contribution in [1.29, 1.82) is 0 Å². The van der Waals surface area contributed by atoms with Crippen LogP contribution in [0.5, 0.6) is 0 Å². The minimum atomic E-state index is 0.262. The molecule has 0 amide bonds. The van der Waals surface area contributed by atoms with E-state index in [0.29, 0.717) is 6.04 Å². The lowest BCUT2D eigenvalue weighted by Gasteiger charge is -2.36. The van der Waals surface area contributed by atoms with Gasteiger partial charge in [0.05, 0.1) is 18.8 Å². The third-order valence-electron chi connectivity index (χ3n) is 5.43. The summed E-state index contributed by atoms with van der Waals surface area (Å²) in [5.74, 6) is 0.989. The second-order valence-electron chi connectivity index (χ2n) is 7.19. The van der Waals surface area contributed by atoms with Crippen molar-refractivity contribution in [3.8, 4) is 0 Å². The fourth-order valence-corrected chi connectivity index (χ4v) is 4.73. The zero-order valence-electron chi connectivity index (χ0n) is 15.9. The molecule has 0 radical (unpaired) electrons. The lowest BCUT2D eigenvalue weighted by molar-refractivity contribution is -0.0502. The van der Waals surface area contributed by atoms with Gasteiger partial charge in [0.2, 0.25) is 0 Å². The number of thiophene rings is 1. The monoisotopic (exact) mass is 384 g/mol. The minimum Gasteiger partial charge on any atom is -0.373 e. The van der Waals surface area contributed by atoms with Crippen LogP contribution in [-0.4, -0.2) is 67.7 Å². The highest BCUT2D eigenvalue weighted by atomic mass is 32.1. The van der Waals surface area contributed by atoms with Crippen molar-refractivity contribution in [3.63, 3.8) is 0 Å². The highest BCUT2D eigenvalue weighted by molar-refractivity contribution is 7.07. The van der Waals surface area contributed by atoms with Gasteiger partial charge in [-0.3, -0.25) is 9.89 Å². The number of ether oxygens (including phenoxy) is 1. The Kier molecular flexibility index (Phi) is 6.07. The normalized spacial score (nSPS) is 23.4. The number of hydrogen-bond donors (Lipinski definition) is 1. The van der Waals surface area contributed by atoms with Crippen LogP contribution in [0.1, 0.15) is 11.1 Å². The fraction of sp³-hybridized carbons (Fsp3) is 0.476. The Morgan fingerprint density at radius 3 is 2.89 bits per heavy atom. The number of nitrogens with zero attached hydrogens (tertiary/aromatic N) is 3. The van der Waals surface area contributed by atoms with Crippen LogP contribution in [0, 0.1) is 0 Å². The van der Waals surface area contributed by atoms with Crippen molar-refractivity contribution in [2.75, 3.05) is 39.8 Å². The van der Waals surface area contributed by atoms with E-state index in [9.17, 15) is 0 Å². The average Bonchev–Trinajstić information content (AvgIpc) is 3.36. The van der Waals surface area contributed by atoms with E-state index in [2.05, 4.69) is 67.3 Å². The van der Waals surface area contributed by atoms with Gasteiger partial charge in [-0.15, -0.1) is 0 Å². The van der Waals surface area contributed by atoms with Gasteiger partial charge >= 0.3 is 0 Å². The molecule has 2 atom stereocenters. The zero-order valence-corrected chi connectivity index (χ0v) is 16.7. The van der Waals surface area contributed by atoms with E-state index in [1.165, 1.54) is 11.1 Å². The molecule has 0 bridgehead atoms. The second-order valence-corrected chi connectivity index (χ2v) is 7.97. The lowest BCUT2D eigenvalue weighted by atomic mass is 10.1. The molecule has 4 rings (SSSR count). The van der Waals surface area contributed by atoms with Crippen molar-refractivity contribution in [1.82, 2.24) is 15.1 Å². The van der Waals surface area contributed by atoms with E-state index < -0.39 is 0 Å². The molecule has 1 aromatic heterocycles. The van der Waals surface area contributed by atoms with Crippen LogP contribution in [0.2, 0.25) is 0 Å². The molecule has 0 spiro atoms. The lowest BCUT2D eigenvalue weighted by Crippen LogP contribution is -2.50. The number of rotatable bonds is 5. The molecule has 1 N–H and O–H groups in total. The van der Waals surface area contributed by atoms with Gasteiger partial charge in [0, 0.05) is 39.8 Å². The molecular weight excluding hydrogens is 356 g/mol. The SMILES string of the molecule is CN=C(NCCc1ccsc1)N1CC2OCCN(Cc3ccccc3)C2C1. The van der Waals surface area contributed by atoms with E-state index in [1.54, 1.807) is 11.3 Å². The number of guanidine groups is 1. The standard InChI is InChI=1S/C21H28N4OS/c1-22-21(23-9-7-18-8-12-27-16-18)25-14-19-20(15-25)26-11-10-24(19)13-17-5-3-2-4-6-17/h2-6,8,12,16,19-20H,7,9-11,13-15H2,1H3,(H,22,23). The molecule has 6 heteroatoms. The van der Waals surface area contributed by atoms with Crippen molar-refractivity contribution in [3.05, 3.63) is 58.3 Å². The summed E-state index contributed by atoms with van der Waals surface area (Å²) >= 11 is 1.75. The molecule has 2 unspecified atom stereocenters. The van der Waals surface area contributed by atoms with Gasteiger partial charge in [0.15, 0.2) is 5.96 Å². The Morgan fingerprint density at radius 1 is 1.22 bits per heavy atom. The highest BCUT2D eigenvalue weighted by Crippen LogP contribution is 2.24. The van der Waals surface area contributed by atoms with Crippen LogP contribution >= 0.6 is 11.3 Å². The van der Waals surface area contributed by atoms with Crippen molar-refractivity contribution >= 4 is 17.3 Å². The first-order valence-corrected chi connectivity index (χ1v) is 10.6. The van der Waals surface area contributed by atoms with Gasteiger partial charge in [-0.25, -0.2) is 0 Å². The molecule has 5 nitrogen and oxygen atoms in total. The maximum absolute atomic E-state index is 6.09. The van der Waals surface area contributed by atoms with Gasteiger partial charge in [-0.05, 0) is 34.4 Å². The number of nitrogens with one attached hydrogen (secondary N) is 1. The topological polar surface area (TPSA) is 40.1 Å². The highest BCUT2D eigenvalue weighted by Gasteiger charge is 2.41. The second kappa shape index (κ2) is 8.87. The maximum Gasteiger partial charge on any atom is 0.193 e. The molecule has 2 aromatic rings. The zero-order chi connectivity index (χ0) is 18.5. The molecule has 0 aliphatic carbocycles. The van der Waals surface area contributed by atoms with Crippen LogP contribution in [-0.2, 0) is 17.7 Å². The van der Waals surface area contributed by atoms with E-state index in [1.807, 2.05) is 7.05 Å². The third kappa shape index (κ3) is 4.51. The summed E-state index contributed by atoms with van der Waals surface area (Å²) in [6, 6.07) is 13.4. The number of fused-ring (bicyclic) bond motifs is 1. The van der Waals surface area contributed by atoms with Crippen molar-refractivity contribution < 1.29 is 4.74 Å². The summed E-state index contributed by atoms with van der Waals surface area (Å²) in [7, 11) is 1.87. The van der Waals surface area contributed by atoms with Gasteiger partial charge < -0.3 is 15.0 Å². The molecule has 144 valence electrons. The Balaban J connectivity index is 1.35. The molecule has 2 fully saturated rings. The third-order valence-corrected chi connectivity index (χ3v) is 6.17. The van der Waals surface area contributed by atoms with E-state index >= 15 is 0 Å². The first-order chi connectivity index (χ1) is 13.3. The summed E-state index contributed by atoms with van der Waals surface area (Å²) in [5.41, 5.74) is 2.75. The van der Waals surface area contributed by atoms with E-state index in [-0.39, 0.29) is 6.10 Å². The number of benzene rings is 1. The number of hydrogen-bond acceptors (Lipinski definition) is 4. The van der Waals surface area contributed by atoms with Crippen LogP contribution in [0.3, 0.4) is 0 Å². The predicted octanol–water partition coefficient (Wildman–Crippen LogP) is 2.45. The van der Waals surface area contributed by atoms with Crippen LogP contribution < -0.4 is 5.32 Å². The Hall–Kier alpha value is -1.89. The molecule has 2 saturated heterocycles. The maximum atomic E-state index is 6.09. The summed E-state index contributed by atoms with van der Waals surface area (Å²) in [5, 5.41) is 7.88. The van der Waals surface area contributed by atoms with Crippen molar-refractivity contribution in [2.45, 2.75) is 25.1 Å². The first-order valence-electron chi connectivity index (χ1n) is 9.70. The van der Waals surface area contributed by atoms with Gasteiger partial charge in [0.25, 0.3) is 0 Å². The number of aliphatic imine (C=N–C) groups is 1. The molecule has 2 aliphatic heterocycles. The van der Waals surface area contributed by atoms with E-state index in [4.69, 9.17) is 4.74 Å². The van der Waals surface area contributed by atoms with Gasteiger partial charge in [-0.2, -0.15) is 11.3 Å². The van der Waals surface area contributed by atoms with Gasteiger partial charge in [0.1, 0.15) is 0 Å². The molecule has 3 heterocycles. The van der Waals surface area contributed by atoms with Crippen molar-refractivity contribution in [2.24, 2.45) is 4.99 Å². The van der Waals surface area contributed by atoms with Crippen LogP contribution in [0.4, 0.5) is 0 Å². The smallest absolute Gasteiger partial charge is 0.193 e. The molecule has 1 aromatic carbocycles. The number of morpholine rings is 1. The largest absolute Gasteiger partial charge is 0.373 e. The fourth-order valence-electron chi connectivity index (χ4n) is 4.03.